The van der Waals surface area contributed by atoms with E-state index in [-0.39, 0.29) is 12.5 Å². The normalized spacial score (nSPS) is 9.80. The number of rotatable bonds is 4. The maximum absolute atomic E-state index is 11.5. The molecule has 4 nitrogen and oxygen atoms in total. The lowest BCUT2D eigenvalue weighted by Crippen LogP contribution is -2.19. The molecule has 0 unspecified atom stereocenters. The van der Waals surface area contributed by atoms with Crippen LogP contribution in [0.3, 0.4) is 0 Å². The first-order valence-corrected chi connectivity index (χ1v) is 4.81. The minimum atomic E-state index is -0.214. The van der Waals surface area contributed by atoms with E-state index in [4.69, 9.17) is 9.84 Å². The second-order valence-corrected chi connectivity index (χ2v) is 3.00. The number of amides is 1. The predicted octanol–water partition coefficient (Wildman–Crippen LogP) is 0.937. The number of aliphatic hydroxyl groups excluding tert-OH is 1. The molecule has 82 valence electrons. The summed E-state index contributed by atoms with van der Waals surface area (Å²) in [6, 6.07) is 5.06. The molecule has 0 aromatic heterocycles. The van der Waals surface area contributed by atoms with E-state index < -0.39 is 0 Å². The fourth-order valence-corrected chi connectivity index (χ4v) is 1.27. The van der Waals surface area contributed by atoms with Gasteiger partial charge in [-0.25, -0.2) is 0 Å². The third-order valence-electron chi connectivity index (χ3n) is 2.00. The van der Waals surface area contributed by atoms with Crippen molar-refractivity contribution in [3.8, 4) is 5.75 Å². The van der Waals surface area contributed by atoms with Gasteiger partial charge in [-0.15, -0.1) is 0 Å². The van der Waals surface area contributed by atoms with Crippen molar-refractivity contribution in [1.29, 1.82) is 0 Å². The quantitative estimate of drug-likeness (QED) is 0.775. The summed E-state index contributed by atoms with van der Waals surface area (Å²) in [7, 11) is 1.56. The van der Waals surface area contributed by atoms with E-state index in [0.29, 0.717) is 23.5 Å². The first-order valence-electron chi connectivity index (χ1n) is 4.81. The van der Waals surface area contributed by atoms with E-state index in [9.17, 15) is 4.79 Å². The minimum absolute atomic E-state index is 0.0869. The Morgan fingerprint density at radius 2 is 2.27 bits per heavy atom. The topological polar surface area (TPSA) is 58.6 Å². The molecular weight excluding hydrogens is 194 g/mol. The second kappa shape index (κ2) is 5.36. The van der Waals surface area contributed by atoms with E-state index in [1.54, 1.807) is 25.2 Å². The van der Waals surface area contributed by atoms with Crippen molar-refractivity contribution in [2.24, 2.45) is 0 Å². The second-order valence-electron chi connectivity index (χ2n) is 3.00. The molecule has 0 fully saturated rings. The molecule has 15 heavy (non-hydrogen) atoms. The SMILES string of the molecule is CCOc1ccc(CO)cc1C(=O)NC. The Kier molecular flexibility index (Phi) is 4.12. The highest BCUT2D eigenvalue weighted by atomic mass is 16.5. The number of nitrogens with one attached hydrogen (secondary N) is 1. The van der Waals surface area contributed by atoms with E-state index >= 15 is 0 Å². The third kappa shape index (κ3) is 2.70. The number of carbonyl (C=O) groups excluding carboxylic acids is 1. The maximum atomic E-state index is 11.5. The summed E-state index contributed by atoms with van der Waals surface area (Å²) in [6.45, 7) is 2.27. The molecule has 0 aliphatic carbocycles. The zero-order valence-corrected chi connectivity index (χ0v) is 8.91. The van der Waals surface area contributed by atoms with Gasteiger partial charge in [0.1, 0.15) is 5.75 Å². The average molecular weight is 209 g/mol. The molecule has 1 aromatic rings. The van der Waals surface area contributed by atoms with Gasteiger partial charge in [-0.2, -0.15) is 0 Å². The smallest absolute Gasteiger partial charge is 0.254 e. The lowest BCUT2D eigenvalue weighted by atomic mass is 10.1. The van der Waals surface area contributed by atoms with Crippen LogP contribution in [-0.2, 0) is 6.61 Å². The molecule has 0 radical (unpaired) electrons. The lowest BCUT2D eigenvalue weighted by Gasteiger charge is -2.10. The van der Waals surface area contributed by atoms with E-state index in [1.807, 2.05) is 6.92 Å². The number of hydrogen-bond acceptors (Lipinski definition) is 3. The molecule has 0 atom stereocenters. The van der Waals surface area contributed by atoms with Crippen molar-refractivity contribution in [3.63, 3.8) is 0 Å². The van der Waals surface area contributed by atoms with Crippen LogP contribution in [-0.4, -0.2) is 24.7 Å². The number of hydrogen-bond donors (Lipinski definition) is 2. The minimum Gasteiger partial charge on any atom is -0.493 e. The van der Waals surface area contributed by atoms with Gasteiger partial charge in [-0.3, -0.25) is 4.79 Å². The van der Waals surface area contributed by atoms with Crippen LogP contribution in [0, 0.1) is 0 Å². The molecular formula is C11H15NO3. The Morgan fingerprint density at radius 3 is 2.80 bits per heavy atom. The molecule has 0 heterocycles. The lowest BCUT2D eigenvalue weighted by molar-refractivity contribution is 0.0959. The van der Waals surface area contributed by atoms with E-state index in [2.05, 4.69) is 5.32 Å². The molecule has 0 bridgehead atoms. The summed E-state index contributed by atoms with van der Waals surface area (Å²) in [5.41, 5.74) is 1.14. The van der Waals surface area contributed by atoms with Gasteiger partial charge in [0.2, 0.25) is 0 Å². The van der Waals surface area contributed by atoms with Crippen LogP contribution in [0.2, 0.25) is 0 Å². The van der Waals surface area contributed by atoms with Crippen LogP contribution >= 0.6 is 0 Å². The predicted molar refractivity (Wildman–Crippen MR) is 56.9 cm³/mol. The van der Waals surface area contributed by atoms with Gasteiger partial charge in [0, 0.05) is 7.05 Å². The van der Waals surface area contributed by atoms with Gasteiger partial charge in [-0.05, 0) is 24.6 Å². The van der Waals surface area contributed by atoms with Crippen LogP contribution < -0.4 is 10.1 Å². The first-order chi connectivity index (χ1) is 7.22. The Bertz CT molecular complexity index is 350. The molecule has 0 aliphatic rings. The number of carbonyl (C=O) groups is 1. The molecule has 0 spiro atoms. The standard InChI is InChI=1S/C11H15NO3/c1-3-15-10-5-4-8(7-13)6-9(10)11(14)12-2/h4-6,13H,3,7H2,1-2H3,(H,12,14). The summed E-state index contributed by atoms with van der Waals surface area (Å²) >= 11 is 0. The molecule has 0 saturated carbocycles. The van der Waals surface area contributed by atoms with Gasteiger partial charge < -0.3 is 15.2 Å². The summed E-state index contributed by atoms with van der Waals surface area (Å²) in [4.78, 5) is 11.5. The van der Waals surface area contributed by atoms with Crippen molar-refractivity contribution >= 4 is 5.91 Å². The number of aliphatic hydroxyl groups is 1. The Hall–Kier alpha value is -1.55. The van der Waals surface area contributed by atoms with Crippen molar-refractivity contribution in [2.45, 2.75) is 13.5 Å². The van der Waals surface area contributed by atoms with Crippen LogP contribution in [0.25, 0.3) is 0 Å². The largest absolute Gasteiger partial charge is 0.493 e. The van der Waals surface area contributed by atoms with Gasteiger partial charge >= 0.3 is 0 Å². The highest BCUT2D eigenvalue weighted by Crippen LogP contribution is 2.20. The van der Waals surface area contributed by atoms with Crippen LogP contribution in [0.1, 0.15) is 22.8 Å². The Labute approximate surface area is 88.9 Å². The van der Waals surface area contributed by atoms with Gasteiger partial charge in [0.25, 0.3) is 5.91 Å². The summed E-state index contributed by atoms with van der Waals surface area (Å²) in [6.07, 6.45) is 0. The zero-order valence-electron chi connectivity index (χ0n) is 8.91. The summed E-state index contributed by atoms with van der Waals surface area (Å²) < 4.78 is 5.32. The number of ether oxygens (including phenoxy) is 1. The Balaban J connectivity index is 3.10. The van der Waals surface area contributed by atoms with Crippen LogP contribution in [0.15, 0.2) is 18.2 Å². The van der Waals surface area contributed by atoms with Crippen molar-refractivity contribution in [3.05, 3.63) is 29.3 Å². The maximum Gasteiger partial charge on any atom is 0.254 e. The third-order valence-corrected chi connectivity index (χ3v) is 2.00. The van der Waals surface area contributed by atoms with Crippen LogP contribution in [0.5, 0.6) is 5.75 Å². The fourth-order valence-electron chi connectivity index (χ4n) is 1.27. The van der Waals surface area contributed by atoms with Gasteiger partial charge in [0.05, 0.1) is 18.8 Å². The summed E-state index contributed by atoms with van der Waals surface area (Å²) in [5.74, 6) is 0.322. The zero-order chi connectivity index (χ0) is 11.3. The van der Waals surface area contributed by atoms with E-state index in [1.165, 1.54) is 0 Å². The molecule has 0 aliphatic heterocycles. The first kappa shape index (κ1) is 11.5. The van der Waals surface area contributed by atoms with Crippen molar-refractivity contribution in [2.75, 3.05) is 13.7 Å². The van der Waals surface area contributed by atoms with E-state index in [0.717, 1.165) is 0 Å². The fraction of sp³-hybridized carbons (Fsp3) is 0.364. The highest BCUT2D eigenvalue weighted by molar-refractivity contribution is 5.96. The molecule has 1 amide bonds. The van der Waals surface area contributed by atoms with Gasteiger partial charge in [-0.1, -0.05) is 6.07 Å². The van der Waals surface area contributed by atoms with Gasteiger partial charge in [0.15, 0.2) is 0 Å². The molecule has 1 aromatic carbocycles. The number of benzene rings is 1. The van der Waals surface area contributed by atoms with Crippen molar-refractivity contribution in [1.82, 2.24) is 5.32 Å². The molecule has 1 rings (SSSR count). The summed E-state index contributed by atoms with van der Waals surface area (Å²) in [5, 5.41) is 11.5. The molecule has 2 N–H and O–H groups in total. The Morgan fingerprint density at radius 1 is 1.53 bits per heavy atom. The average Bonchev–Trinajstić information content (AvgIpc) is 2.29. The van der Waals surface area contributed by atoms with Crippen LogP contribution in [0.4, 0.5) is 0 Å². The monoisotopic (exact) mass is 209 g/mol. The molecule has 0 saturated heterocycles. The van der Waals surface area contributed by atoms with Crippen molar-refractivity contribution < 1.29 is 14.6 Å². The molecule has 4 heteroatoms. The highest BCUT2D eigenvalue weighted by Gasteiger charge is 2.11.